The molecule has 1 aliphatic carbocycles. The lowest BCUT2D eigenvalue weighted by Gasteiger charge is -2.25. The fraction of sp³-hybridized carbons (Fsp3) is 0.278. The maximum atomic E-state index is 12.7. The van der Waals surface area contributed by atoms with E-state index in [-0.39, 0.29) is 24.4 Å². The molecule has 0 spiro atoms. The van der Waals surface area contributed by atoms with Crippen LogP contribution in [-0.4, -0.2) is 23.9 Å². The molecule has 0 fully saturated rings. The first kappa shape index (κ1) is 16.4. The molecule has 1 amide bonds. The van der Waals surface area contributed by atoms with Crippen molar-refractivity contribution in [2.45, 2.75) is 25.8 Å². The van der Waals surface area contributed by atoms with Gasteiger partial charge in [-0.15, -0.1) is 12.4 Å². The zero-order chi connectivity index (χ0) is 15.0. The quantitative estimate of drug-likeness (QED) is 0.865. The molecule has 0 saturated heterocycles. The monoisotopic (exact) mass is 316 g/mol. The Bertz CT molecular complexity index is 674. The van der Waals surface area contributed by atoms with Crippen LogP contribution in [0.2, 0.25) is 0 Å². The third-order valence-electron chi connectivity index (χ3n) is 4.39. The molecule has 3 nitrogen and oxygen atoms in total. The summed E-state index contributed by atoms with van der Waals surface area (Å²) in [4.78, 5) is 14.6. The van der Waals surface area contributed by atoms with Crippen LogP contribution in [0.3, 0.4) is 0 Å². The van der Waals surface area contributed by atoms with Crippen molar-refractivity contribution in [3.05, 3.63) is 64.7 Å². The maximum Gasteiger partial charge on any atom is 0.254 e. The number of carbonyl (C=O) groups excluding carboxylic acids is 1. The van der Waals surface area contributed by atoms with E-state index in [0.717, 1.165) is 18.4 Å². The average Bonchev–Trinajstić information content (AvgIpc) is 2.92. The highest BCUT2D eigenvalue weighted by Gasteiger charge is 2.28. The lowest BCUT2D eigenvalue weighted by Crippen LogP contribution is -2.38. The predicted molar refractivity (Wildman–Crippen MR) is 92.6 cm³/mol. The van der Waals surface area contributed by atoms with Gasteiger partial charge in [-0.3, -0.25) is 4.79 Å². The number of rotatable bonds is 2. The molecule has 1 aliphatic rings. The van der Waals surface area contributed by atoms with Gasteiger partial charge in [-0.05, 0) is 48.6 Å². The van der Waals surface area contributed by atoms with Gasteiger partial charge in [0.05, 0.1) is 0 Å². The van der Waals surface area contributed by atoms with Gasteiger partial charge in [-0.1, -0.05) is 30.3 Å². The number of nitrogen functional groups attached to an aromatic ring is 1. The zero-order valence-electron chi connectivity index (χ0n) is 12.9. The first-order valence-corrected chi connectivity index (χ1v) is 7.26. The normalized spacial score (nSPS) is 13.4. The first-order chi connectivity index (χ1) is 10.1. The number of halogens is 1. The number of anilines is 1. The van der Waals surface area contributed by atoms with E-state index in [1.807, 2.05) is 31.0 Å². The van der Waals surface area contributed by atoms with Crippen molar-refractivity contribution in [2.24, 2.45) is 0 Å². The van der Waals surface area contributed by atoms with Crippen LogP contribution in [-0.2, 0) is 12.8 Å². The van der Waals surface area contributed by atoms with Gasteiger partial charge in [0.15, 0.2) is 0 Å². The van der Waals surface area contributed by atoms with Gasteiger partial charge in [0.1, 0.15) is 0 Å². The molecule has 0 heterocycles. The third kappa shape index (κ3) is 2.95. The minimum atomic E-state index is 0. The summed E-state index contributed by atoms with van der Waals surface area (Å²) in [5, 5.41) is 0. The highest BCUT2D eigenvalue weighted by molar-refractivity contribution is 5.96. The van der Waals surface area contributed by atoms with E-state index >= 15 is 0 Å². The molecule has 0 saturated carbocycles. The number of hydrogen-bond acceptors (Lipinski definition) is 2. The highest BCUT2D eigenvalue weighted by Crippen LogP contribution is 2.26. The molecular formula is C18H21ClN2O. The van der Waals surface area contributed by atoms with E-state index in [4.69, 9.17) is 5.73 Å². The summed E-state index contributed by atoms with van der Waals surface area (Å²) >= 11 is 0. The third-order valence-corrected chi connectivity index (χ3v) is 4.39. The average molecular weight is 317 g/mol. The number of fused-ring (bicyclic) bond motifs is 1. The lowest BCUT2D eigenvalue weighted by atomic mass is 10.1. The number of amides is 1. The number of nitrogens with zero attached hydrogens (tertiary/aromatic N) is 1. The molecule has 22 heavy (non-hydrogen) atoms. The molecule has 0 aromatic heterocycles. The van der Waals surface area contributed by atoms with E-state index in [2.05, 4.69) is 24.3 Å². The van der Waals surface area contributed by atoms with Crippen LogP contribution in [0, 0.1) is 6.92 Å². The Hall–Kier alpha value is -2.00. The van der Waals surface area contributed by atoms with Crippen molar-refractivity contribution in [3.8, 4) is 0 Å². The second kappa shape index (κ2) is 6.41. The topological polar surface area (TPSA) is 46.3 Å². The number of aryl methyl sites for hydroxylation is 1. The van der Waals surface area contributed by atoms with Crippen LogP contribution in [0.4, 0.5) is 5.69 Å². The first-order valence-electron chi connectivity index (χ1n) is 7.26. The summed E-state index contributed by atoms with van der Waals surface area (Å²) in [6, 6.07) is 14.2. The Morgan fingerprint density at radius 2 is 1.73 bits per heavy atom. The molecule has 2 N–H and O–H groups in total. The summed E-state index contributed by atoms with van der Waals surface area (Å²) in [5.41, 5.74) is 10.8. The second-order valence-corrected chi connectivity index (χ2v) is 5.82. The predicted octanol–water partition coefficient (Wildman–Crippen LogP) is 3.24. The Morgan fingerprint density at radius 1 is 1.14 bits per heavy atom. The molecule has 0 atom stereocenters. The summed E-state index contributed by atoms with van der Waals surface area (Å²) in [6.07, 6.45) is 1.86. The van der Waals surface area contributed by atoms with Gasteiger partial charge in [0.2, 0.25) is 0 Å². The molecule has 4 heteroatoms. The van der Waals surface area contributed by atoms with Crippen molar-refractivity contribution in [2.75, 3.05) is 12.8 Å². The number of carbonyl (C=O) groups is 1. The van der Waals surface area contributed by atoms with Crippen LogP contribution in [0.25, 0.3) is 0 Å². The van der Waals surface area contributed by atoms with Crippen LogP contribution < -0.4 is 5.73 Å². The lowest BCUT2D eigenvalue weighted by molar-refractivity contribution is 0.0737. The molecule has 0 radical (unpaired) electrons. The molecule has 0 aliphatic heterocycles. The zero-order valence-corrected chi connectivity index (χ0v) is 13.7. The molecule has 0 bridgehead atoms. The van der Waals surface area contributed by atoms with Crippen LogP contribution in [0.5, 0.6) is 0 Å². The Kier molecular flexibility index (Phi) is 4.77. The molecule has 3 rings (SSSR count). The Balaban J connectivity index is 0.00000176. The van der Waals surface area contributed by atoms with E-state index in [0.29, 0.717) is 11.3 Å². The largest absolute Gasteiger partial charge is 0.399 e. The Labute approximate surface area is 137 Å². The smallest absolute Gasteiger partial charge is 0.254 e. The van der Waals surface area contributed by atoms with Gasteiger partial charge in [0, 0.05) is 24.3 Å². The minimum absolute atomic E-state index is 0. The molecule has 2 aromatic carbocycles. The molecule has 0 unspecified atom stereocenters. The van der Waals surface area contributed by atoms with Gasteiger partial charge in [-0.2, -0.15) is 0 Å². The standard InChI is InChI=1S/C18H20N2O.ClH/c1-12-7-8-15(19)11-17(12)18(21)20(2)16-9-13-5-3-4-6-14(13)10-16;/h3-8,11,16H,9-10,19H2,1-2H3;1H. The van der Waals surface area contributed by atoms with Crippen molar-refractivity contribution in [1.29, 1.82) is 0 Å². The second-order valence-electron chi connectivity index (χ2n) is 5.82. The summed E-state index contributed by atoms with van der Waals surface area (Å²) in [7, 11) is 1.89. The summed E-state index contributed by atoms with van der Waals surface area (Å²) in [6.45, 7) is 1.95. The van der Waals surface area contributed by atoms with E-state index in [1.165, 1.54) is 11.1 Å². The van der Waals surface area contributed by atoms with E-state index in [9.17, 15) is 4.79 Å². The van der Waals surface area contributed by atoms with Crippen LogP contribution >= 0.6 is 12.4 Å². The van der Waals surface area contributed by atoms with Crippen molar-refractivity contribution >= 4 is 24.0 Å². The van der Waals surface area contributed by atoms with Gasteiger partial charge < -0.3 is 10.6 Å². The summed E-state index contributed by atoms with van der Waals surface area (Å²) < 4.78 is 0. The SMILES string of the molecule is Cc1ccc(N)cc1C(=O)N(C)C1Cc2ccccc2C1.Cl. The number of likely N-dealkylation sites (N-methyl/N-ethyl adjacent to an activating group) is 1. The van der Waals surface area contributed by atoms with Gasteiger partial charge >= 0.3 is 0 Å². The fourth-order valence-electron chi connectivity index (χ4n) is 3.04. The molecular weight excluding hydrogens is 296 g/mol. The number of hydrogen-bond donors (Lipinski definition) is 1. The van der Waals surface area contributed by atoms with Crippen molar-refractivity contribution in [1.82, 2.24) is 4.90 Å². The van der Waals surface area contributed by atoms with Crippen LogP contribution in [0.15, 0.2) is 42.5 Å². The van der Waals surface area contributed by atoms with Crippen molar-refractivity contribution in [3.63, 3.8) is 0 Å². The minimum Gasteiger partial charge on any atom is -0.399 e. The van der Waals surface area contributed by atoms with E-state index in [1.54, 1.807) is 6.07 Å². The molecule has 2 aromatic rings. The number of benzene rings is 2. The molecule has 116 valence electrons. The maximum absolute atomic E-state index is 12.7. The van der Waals surface area contributed by atoms with Gasteiger partial charge in [0.25, 0.3) is 5.91 Å². The Morgan fingerprint density at radius 3 is 2.32 bits per heavy atom. The van der Waals surface area contributed by atoms with E-state index < -0.39 is 0 Å². The summed E-state index contributed by atoms with van der Waals surface area (Å²) in [5.74, 6) is 0.0533. The highest BCUT2D eigenvalue weighted by atomic mass is 35.5. The number of nitrogens with two attached hydrogens (primary N) is 1. The fourth-order valence-corrected chi connectivity index (χ4v) is 3.04. The van der Waals surface area contributed by atoms with Crippen molar-refractivity contribution < 1.29 is 4.79 Å². The van der Waals surface area contributed by atoms with Crippen LogP contribution in [0.1, 0.15) is 27.0 Å². The van der Waals surface area contributed by atoms with Gasteiger partial charge in [-0.25, -0.2) is 0 Å².